The van der Waals surface area contributed by atoms with Crippen molar-refractivity contribution in [2.75, 3.05) is 6.54 Å². The molecular weight excluding hydrogens is 272 g/mol. The average Bonchev–Trinajstić information content (AvgIpc) is 2.93. The predicted octanol–water partition coefficient (Wildman–Crippen LogP) is 2.15. The number of hydrogen-bond donors (Lipinski definition) is 1. The number of piperazine rings is 1. The van der Waals surface area contributed by atoms with Crippen LogP contribution < -0.4 is 5.32 Å². The maximum absolute atomic E-state index is 12.5. The third kappa shape index (κ3) is 2.73. The highest BCUT2D eigenvalue weighted by molar-refractivity contribution is 7.10. The van der Waals surface area contributed by atoms with E-state index in [-0.39, 0.29) is 23.3 Å². The molecule has 2 unspecified atom stereocenters. The zero-order valence-electron chi connectivity index (χ0n) is 12.5. The van der Waals surface area contributed by atoms with Crippen LogP contribution in [0.15, 0.2) is 17.5 Å². The summed E-state index contributed by atoms with van der Waals surface area (Å²) in [5, 5.41) is 4.83. The summed E-state index contributed by atoms with van der Waals surface area (Å²) in [6, 6.07) is 3.33. The van der Waals surface area contributed by atoms with E-state index in [0.29, 0.717) is 13.0 Å². The number of amides is 2. The molecule has 0 spiro atoms. The molecule has 0 bridgehead atoms. The van der Waals surface area contributed by atoms with Gasteiger partial charge in [-0.05, 0) is 24.8 Å². The van der Waals surface area contributed by atoms with Crippen molar-refractivity contribution >= 4 is 23.2 Å². The van der Waals surface area contributed by atoms with Crippen LogP contribution in [-0.2, 0) is 15.0 Å². The molecule has 4 nitrogen and oxygen atoms in total. The number of hydrogen-bond acceptors (Lipinski definition) is 3. The Morgan fingerprint density at radius 3 is 2.65 bits per heavy atom. The highest BCUT2D eigenvalue weighted by Gasteiger charge is 2.40. The smallest absolute Gasteiger partial charge is 0.245 e. The monoisotopic (exact) mass is 294 g/mol. The van der Waals surface area contributed by atoms with Gasteiger partial charge in [0.1, 0.15) is 12.1 Å². The second kappa shape index (κ2) is 5.56. The van der Waals surface area contributed by atoms with Crippen molar-refractivity contribution < 1.29 is 9.59 Å². The van der Waals surface area contributed by atoms with Gasteiger partial charge in [-0.2, -0.15) is 0 Å². The molecule has 1 N–H and O–H groups in total. The molecule has 1 aromatic heterocycles. The third-order valence-corrected chi connectivity index (χ3v) is 5.14. The summed E-state index contributed by atoms with van der Waals surface area (Å²) < 4.78 is 0. The molecule has 0 aromatic carbocycles. The summed E-state index contributed by atoms with van der Waals surface area (Å²) in [6.45, 7) is 8.51. The number of nitrogens with one attached hydrogen (secondary N) is 1. The van der Waals surface area contributed by atoms with Gasteiger partial charge in [-0.1, -0.05) is 26.8 Å². The van der Waals surface area contributed by atoms with Crippen molar-refractivity contribution in [3.05, 3.63) is 22.4 Å². The Balaban J connectivity index is 2.21. The van der Waals surface area contributed by atoms with E-state index in [4.69, 9.17) is 0 Å². The van der Waals surface area contributed by atoms with Crippen molar-refractivity contribution in [1.29, 1.82) is 0 Å². The highest BCUT2D eigenvalue weighted by atomic mass is 32.1. The molecule has 2 atom stereocenters. The van der Waals surface area contributed by atoms with E-state index >= 15 is 0 Å². The molecule has 110 valence electrons. The molecular formula is C15H22N2O2S. The number of carbonyl (C=O) groups excluding carboxylic acids is 2. The first kappa shape index (κ1) is 15.0. The molecule has 1 aliphatic rings. The Hall–Kier alpha value is -1.36. The first-order chi connectivity index (χ1) is 9.36. The van der Waals surface area contributed by atoms with Crippen LogP contribution in [0.25, 0.3) is 0 Å². The van der Waals surface area contributed by atoms with Crippen molar-refractivity contribution in [2.24, 2.45) is 0 Å². The van der Waals surface area contributed by atoms with Gasteiger partial charge in [0.15, 0.2) is 0 Å². The predicted molar refractivity (Wildman–Crippen MR) is 80.7 cm³/mol. The van der Waals surface area contributed by atoms with Crippen LogP contribution in [0, 0.1) is 0 Å². The van der Waals surface area contributed by atoms with E-state index in [9.17, 15) is 9.59 Å². The van der Waals surface area contributed by atoms with Gasteiger partial charge in [-0.25, -0.2) is 0 Å². The zero-order chi connectivity index (χ0) is 14.9. The normalized spacial score (nSPS) is 23.9. The lowest BCUT2D eigenvalue weighted by Gasteiger charge is -2.41. The SMILES string of the molecule is CCC1NC(=O)C(C)N(CC(C)(C)c2cccs2)C1=O. The van der Waals surface area contributed by atoms with Crippen LogP contribution in [0.2, 0.25) is 0 Å². The van der Waals surface area contributed by atoms with Gasteiger partial charge in [-0.3, -0.25) is 9.59 Å². The third-order valence-electron chi connectivity index (χ3n) is 3.91. The van der Waals surface area contributed by atoms with Crippen LogP contribution in [0.4, 0.5) is 0 Å². The van der Waals surface area contributed by atoms with Gasteiger partial charge in [0.05, 0.1) is 0 Å². The maximum Gasteiger partial charge on any atom is 0.245 e. The minimum Gasteiger partial charge on any atom is -0.343 e. The molecule has 1 fully saturated rings. The second-order valence-corrected chi connectivity index (χ2v) is 6.92. The van der Waals surface area contributed by atoms with E-state index in [1.165, 1.54) is 4.88 Å². The standard InChI is InChI=1S/C15H22N2O2S/c1-5-11-14(19)17(10(2)13(18)16-11)9-15(3,4)12-7-6-8-20-12/h6-8,10-11H,5,9H2,1-4H3,(H,16,18). The Bertz CT molecular complexity index is 496. The number of thiophene rings is 1. The van der Waals surface area contributed by atoms with Crippen molar-refractivity contribution in [1.82, 2.24) is 10.2 Å². The van der Waals surface area contributed by atoms with Gasteiger partial charge >= 0.3 is 0 Å². The van der Waals surface area contributed by atoms with Crippen LogP contribution in [-0.4, -0.2) is 35.3 Å². The largest absolute Gasteiger partial charge is 0.343 e. The Kier molecular flexibility index (Phi) is 4.18. The van der Waals surface area contributed by atoms with E-state index in [1.807, 2.05) is 18.4 Å². The zero-order valence-corrected chi connectivity index (χ0v) is 13.3. The molecule has 2 amide bonds. The molecule has 1 saturated heterocycles. The van der Waals surface area contributed by atoms with Crippen LogP contribution in [0.1, 0.15) is 39.0 Å². The van der Waals surface area contributed by atoms with Gasteiger partial charge in [-0.15, -0.1) is 11.3 Å². The molecule has 2 heterocycles. The maximum atomic E-state index is 12.5. The first-order valence-electron chi connectivity index (χ1n) is 7.01. The molecule has 1 aliphatic heterocycles. The highest BCUT2D eigenvalue weighted by Crippen LogP contribution is 2.30. The molecule has 5 heteroatoms. The average molecular weight is 294 g/mol. The summed E-state index contributed by atoms with van der Waals surface area (Å²) >= 11 is 1.69. The summed E-state index contributed by atoms with van der Waals surface area (Å²) in [5.41, 5.74) is -0.145. The number of carbonyl (C=O) groups is 2. The molecule has 1 aromatic rings. The molecule has 20 heavy (non-hydrogen) atoms. The van der Waals surface area contributed by atoms with E-state index in [1.54, 1.807) is 23.2 Å². The lowest BCUT2D eigenvalue weighted by molar-refractivity contribution is -0.149. The van der Waals surface area contributed by atoms with Crippen LogP contribution >= 0.6 is 11.3 Å². The quantitative estimate of drug-likeness (QED) is 0.925. The minimum atomic E-state index is -0.399. The Morgan fingerprint density at radius 2 is 2.10 bits per heavy atom. The van der Waals surface area contributed by atoms with E-state index in [0.717, 1.165) is 0 Å². The lowest BCUT2D eigenvalue weighted by atomic mass is 9.89. The fourth-order valence-corrected chi connectivity index (χ4v) is 3.39. The van der Waals surface area contributed by atoms with Gasteiger partial charge in [0.25, 0.3) is 0 Å². The number of nitrogens with zero attached hydrogens (tertiary/aromatic N) is 1. The van der Waals surface area contributed by atoms with Crippen molar-refractivity contribution in [2.45, 2.75) is 51.6 Å². The summed E-state index contributed by atoms with van der Waals surface area (Å²) in [5.74, 6) is -0.0253. The Morgan fingerprint density at radius 1 is 1.40 bits per heavy atom. The minimum absolute atomic E-state index is 0.0317. The summed E-state index contributed by atoms with van der Waals surface area (Å²) in [4.78, 5) is 27.4. The summed E-state index contributed by atoms with van der Waals surface area (Å²) in [7, 11) is 0. The van der Waals surface area contributed by atoms with Gasteiger partial charge in [0, 0.05) is 16.8 Å². The second-order valence-electron chi connectivity index (χ2n) is 5.97. The molecule has 0 radical (unpaired) electrons. The topological polar surface area (TPSA) is 49.4 Å². The fourth-order valence-electron chi connectivity index (χ4n) is 2.55. The van der Waals surface area contributed by atoms with Crippen molar-refractivity contribution in [3.8, 4) is 0 Å². The lowest BCUT2D eigenvalue weighted by Crippen LogP contribution is -2.63. The van der Waals surface area contributed by atoms with E-state index < -0.39 is 6.04 Å². The van der Waals surface area contributed by atoms with Crippen molar-refractivity contribution in [3.63, 3.8) is 0 Å². The Labute approximate surface area is 124 Å². The molecule has 0 aliphatic carbocycles. The van der Waals surface area contributed by atoms with Gasteiger partial charge < -0.3 is 10.2 Å². The summed E-state index contributed by atoms with van der Waals surface area (Å²) in [6.07, 6.45) is 0.632. The molecule has 0 saturated carbocycles. The molecule has 2 rings (SSSR count). The fraction of sp³-hybridized carbons (Fsp3) is 0.600. The van der Waals surface area contributed by atoms with Crippen LogP contribution in [0.5, 0.6) is 0 Å². The van der Waals surface area contributed by atoms with Gasteiger partial charge in [0.2, 0.25) is 11.8 Å². The van der Waals surface area contributed by atoms with Crippen LogP contribution in [0.3, 0.4) is 0 Å². The first-order valence-corrected chi connectivity index (χ1v) is 7.89. The van der Waals surface area contributed by atoms with E-state index in [2.05, 4.69) is 25.2 Å². The number of rotatable bonds is 4.